The Balaban J connectivity index is 2.31. The lowest BCUT2D eigenvalue weighted by Crippen LogP contribution is -2.52. The van der Waals surface area contributed by atoms with Gasteiger partial charge in [0.2, 0.25) is 5.91 Å². The SMILES string of the molecule is CCOCCCN1CCCC(NC(C)C)C1=O. The van der Waals surface area contributed by atoms with Gasteiger partial charge >= 0.3 is 0 Å². The molecule has 1 aliphatic heterocycles. The molecule has 0 aromatic heterocycles. The topological polar surface area (TPSA) is 41.6 Å². The molecule has 1 atom stereocenters. The van der Waals surface area contributed by atoms with Gasteiger partial charge in [-0.25, -0.2) is 0 Å². The van der Waals surface area contributed by atoms with Crippen molar-refractivity contribution in [2.24, 2.45) is 0 Å². The van der Waals surface area contributed by atoms with Crippen molar-refractivity contribution < 1.29 is 9.53 Å². The Morgan fingerprint density at radius 1 is 1.53 bits per heavy atom. The average Bonchev–Trinajstić information content (AvgIpc) is 2.28. The molecule has 4 heteroatoms. The van der Waals surface area contributed by atoms with Gasteiger partial charge in [-0.05, 0) is 26.2 Å². The zero-order chi connectivity index (χ0) is 12.7. The number of likely N-dealkylation sites (tertiary alicyclic amines) is 1. The number of ether oxygens (including phenoxy) is 1. The number of piperidine rings is 1. The van der Waals surface area contributed by atoms with Crippen molar-refractivity contribution in [3.63, 3.8) is 0 Å². The first-order chi connectivity index (χ1) is 8.15. The van der Waals surface area contributed by atoms with Crippen LogP contribution in [-0.4, -0.2) is 49.2 Å². The van der Waals surface area contributed by atoms with E-state index in [0.717, 1.165) is 45.6 Å². The van der Waals surface area contributed by atoms with Crippen LogP contribution in [0.4, 0.5) is 0 Å². The van der Waals surface area contributed by atoms with Crippen LogP contribution in [0.1, 0.15) is 40.0 Å². The largest absolute Gasteiger partial charge is 0.382 e. The first-order valence-electron chi connectivity index (χ1n) is 6.77. The molecule has 0 bridgehead atoms. The summed E-state index contributed by atoms with van der Waals surface area (Å²) in [7, 11) is 0. The quantitative estimate of drug-likeness (QED) is 0.686. The Hall–Kier alpha value is -0.610. The van der Waals surface area contributed by atoms with Crippen molar-refractivity contribution >= 4 is 5.91 Å². The molecule has 0 aromatic carbocycles. The minimum atomic E-state index is 0.0239. The number of rotatable bonds is 7. The Morgan fingerprint density at radius 3 is 2.94 bits per heavy atom. The summed E-state index contributed by atoms with van der Waals surface area (Å²) >= 11 is 0. The van der Waals surface area contributed by atoms with Crippen LogP contribution in [0.5, 0.6) is 0 Å². The van der Waals surface area contributed by atoms with Gasteiger partial charge in [0.15, 0.2) is 0 Å². The second-order valence-corrected chi connectivity index (χ2v) is 4.89. The third-order valence-electron chi connectivity index (χ3n) is 2.99. The lowest BCUT2D eigenvalue weighted by Gasteiger charge is -2.33. The molecule has 0 saturated carbocycles. The molecule has 100 valence electrons. The molecule has 1 saturated heterocycles. The zero-order valence-corrected chi connectivity index (χ0v) is 11.4. The molecule has 0 spiro atoms. The van der Waals surface area contributed by atoms with Crippen molar-refractivity contribution in [2.45, 2.75) is 52.1 Å². The Bertz CT molecular complexity index is 231. The maximum absolute atomic E-state index is 12.1. The van der Waals surface area contributed by atoms with Crippen molar-refractivity contribution in [2.75, 3.05) is 26.3 Å². The first-order valence-corrected chi connectivity index (χ1v) is 6.77. The lowest BCUT2D eigenvalue weighted by atomic mass is 10.0. The fourth-order valence-corrected chi connectivity index (χ4v) is 2.22. The van der Waals surface area contributed by atoms with Gasteiger partial charge in [-0.1, -0.05) is 13.8 Å². The average molecular weight is 242 g/mol. The summed E-state index contributed by atoms with van der Waals surface area (Å²) in [6.45, 7) is 9.40. The number of nitrogens with one attached hydrogen (secondary N) is 1. The minimum absolute atomic E-state index is 0.0239. The van der Waals surface area contributed by atoms with Crippen LogP contribution in [0.15, 0.2) is 0 Å². The normalized spacial score (nSPS) is 21.3. The lowest BCUT2D eigenvalue weighted by molar-refractivity contribution is -0.136. The van der Waals surface area contributed by atoms with E-state index in [2.05, 4.69) is 19.2 Å². The van der Waals surface area contributed by atoms with Crippen LogP contribution < -0.4 is 5.32 Å². The molecule has 1 aliphatic rings. The fourth-order valence-electron chi connectivity index (χ4n) is 2.22. The summed E-state index contributed by atoms with van der Waals surface area (Å²) in [6.07, 6.45) is 3.01. The second-order valence-electron chi connectivity index (χ2n) is 4.89. The molecule has 1 N–H and O–H groups in total. The van der Waals surface area contributed by atoms with Crippen LogP contribution in [0.2, 0.25) is 0 Å². The van der Waals surface area contributed by atoms with Gasteiger partial charge in [0.25, 0.3) is 0 Å². The van der Waals surface area contributed by atoms with E-state index >= 15 is 0 Å². The van der Waals surface area contributed by atoms with E-state index in [-0.39, 0.29) is 11.9 Å². The Morgan fingerprint density at radius 2 is 2.29 bits per heavy atom. The summed E-state index contributed by atoms with van der Waals surface area (Å²) in [4.78, 5) is 14.1. The number of carbonyl (C=O) groups is 1. The number of hydrogen-bond donors (Lipinski definition) is 1. The summed E-state index contributed by atoms with van der Waals surface area (Å²) in [6, 6.07) is 0.392. The highest BCUT2D eigenvalue weighted by Crippen LogP contribution is 2.12. The van der Waals surface area contributed by atoms with Gasteiger partial charge in [-0.2, -0.15) is 0 Å². The second kappa shape index (κ2) is 7.67. The molecular formula is C13H26N2O2. The zero-order valence-electron chi connectivity index (χ0n) is 11.4. The Kier molecular flexibility index (Phi) is 6.52. The van der Waals surface area contributed by atoms with Gasteiger partial charge in [-0.3, -0.25) is 4.79 Å². The van der Waals surface area contributed by atoms with Gasteiger partial charge in [0, 0.05) is 32.3 Å². The fraction of sp³-hybridized carbons (Fsp3) is 0.923. The predicted octanol–water partition coefficient (Wildman–Crippen LogP) is 1.40. The number of hydrogen-bond acceptors (Lipinski definition) is 3. The molecule has 1 unspecified atom stereocenters. The van der Waals surface area contributed by atoms with E-state index in [1.807, 2.05) is 11.8 Å². The molecular weight excluding hydrogens is 216 g/mol. The predicted molar refractivity (Wildman–Crippen MR) is 69.0 cm³/mol. The molecule has 17 heavy (non-hydrogen) atoms. The third kappa shape index (κ3) is 5.04. The monoisotopic (exact) mass is 242 g/mol. The van der Waals surface area contributed by atoms with E-state index in [4.69, 9.17) is 4.74 Å². The summed E-state index contributed by atoms with van der Waals surface area (Å²) in [5, 5.41) is 3.34. The number of carbonyl (C=O) groups excluding carboxylic acids is 1. The first kappa shape index (κ1) is 14.5. The van der Waals surface area contributed by atoms with Gasteiger partial charge in [0.05, 0.1) is 6.04 Å². The van der Waals surface area contributed by atoms with Gasteiger partial charge < -0.3 is 15.0 Å². The third-order valence-corrected chi connectivity index (χ3v) is 2.99. The van der Waals surface area contributed by atoms with Crippen LogP contribution in [0.25, 0.3) is 0 Å². The van der Waals surface area contributed by atoms with E-state index in [9.17, 15) is 4.79 Å². The highest BCUT2D eigenvalue weighted by molar-refractivity contribution is 5.82. The van der Waals surface area contributed by atoms with Crippen LogP contribution in [0.3, 0.4) is 0 Å². The molecule has 1 rings (SSSR count). The van der Waals surface area contributed by atoms with E-state index in [1.165, 1.54) is 0 Å². The summed E-state index contributed by atoms with van der Waals surface area (Å²) < 4.78 is 5.30. The van der Waals surface area contributed by atoms with Crippen LogP contribution >= 0.6 is 0 Å². The highest BCUT2D eigenvalue weighted by Gasteiger charge is 2.28. The highest BCUT2D eigenvalue weighted by atomic mass is 16.5. The minimum Gasteiger partial charge on any atom is -0.382 e. The van der Waals surface area contributed by atoms with Crippen LogP contribution in [0, 0.1) is 0 Å². The van der Waals surface area contributed by atoms with E-state index < -0.39 is 0 Å². The molecule has 0 aromatic rings. The van der Waals surface area contributed by atoms with Crippen molar-refractivity contribution in [3.05, 3.63) is 0 Å². The molecule has 1 amide bonds. The standard InChI is InChI=1S/C13H26N2O2/c1-4-17-10-6-9-15-8-5-7-12(13(15)16)14-11(2)3/h11-12,14H,4-10H2,1-3H3. The smallest absolute Gasteiger partial charge is 0.239 e. The molecule has 0 radical (unpaired) electrons. The number of amides is 1. The van der Waals surface area contributed by atoms with Crippen LogP contribution in [-0.2, 0) is 9.53 Å². The summed E-state index contributed by atoms with van der Waals surface area (Å²) in [5.74, 6) is 0.265. The molecule has 0 aliphatic carbocycles. The molecule has 1 heterocycles. The van der Waals surface area contributed by atoms with Crippen molar-refractivity contribution in [1.29, 1.82) is 0 Å². The maximum Gasteiger partial charge on any atom is 0.239 e. The van der Waals surface area contributed by atoms with Gasteiger partial charge in [-0.15, -0.1) is 0 Å². The number of nitrogens with zero attached hydrogens (tertiary/aromatic N) is 1. The van der Waals surface area contributed by atoms with Crippen molar-refractivity contribution in [3.8, 4) is 0 Å². The van der Waals surface area contributed by atoms with E-state index in [1.54, 1.807) is 0 Å². The molecule has 4 nitrogen and oxygen atoms in total. The maximum atomic E-state index is 12.1. The van der Waals surface area contributed by atoms with Gasteiger partial charge in [0.1, 0.15) is 0 Å². The Labute approximate surface area is 105 Å². The van der Waals surface area contributed by atoms with E-state index in [0.29, 0.717) is 6.04 Å². The van der Waals surface area contributed by atoms with Crippen molar-refractivity contribution in [1.82, 2.24) is 10.2 Å². The molecule has 1 fully saturated rings. The summed E-state index contributed by atoms with van der Waals surface area (Å²) in [5.41, 5.74) is 0.